The van der Waals surface area contributed by atoms with Gasteiger partial charge >= 0.3 is 5.97 Å². The Morgan fingerprint density at radius 3 is 2.78 bits per heavy atom. The van der Waals surface area contributed by atoms with Crippen LogP contribution in [0.5, 0.6) is 0 Å². The van der Waals surface area contributed by atoms with Gasteiger partial charge in [-0.05, 0) is 19.1 Å². The molecule has 1 aromatic rings. The first-order valence-corrected chi connectivity index (χ1v) is 6.60. The molecule has 1 rings (SSSR count). The van der Waals surface area contributed by atoms with Crippen LogP contribution in [0.15, 0.2) is 22.8 Å². The van der Waals surface area contributed by atoms with Crippen LogP contribution in [0.1, 0.15) is 26.0 Å². The maximum Gasteiger partial charge on any atom is 0.304 e. The van der Waals surface area contributed by atoms with Crippen LogP contribution in [0.2, 0.25) is 0 Å². The zero-order chi connectivity index (χ0) is 13.5. The highest BCUT2D eigenvalue weighted by Gasteiger charge is 2.18. The molecule has 5 nitrogen and oxygen atoms in total. The highest BCUT2D eigenvalue weighted by molar-refractivity contribution is 8.01. The molecule has 0 aliphatic heterocycles. The van der Waals surface area contributed by atoms with E-state index in [0.717, 1.165) is 0 Å². The average molecular weight is 271 g/mol. The van der Waals surface area contributed by atoms with Crippen molar-refractivity contribution in [2.24, 2.45) is 0 Å². The first-order chi connectivity index (χ1) is 8.49. The first kappa shape index (κ1) is 14.6. The van der Waals surface area contributed by atoms with Crippen LogP contribution in [0.4, 0.5) is 0 Å². The number of nitrogens with one attached hydrogen (secondary N) is 1. The van der Waals surface area contributed by atoms with E-state index >= 15 is 0 Å². The number of rotatable bonds is 7. The number of carbonyl (C=O) groups excluding carboxylic acids is 1. The Bertz CT molecular complexity index is 391. The molecule has 2 atom stereocenters. The fourth-order valence-corrected chi connectivity index (χ4v) is 2.58. The summed E-state index contributed by atoms with van der Waals surface area (Å²) in [5.74, 6) is -0.272. The minimum absolute atomic E-state index is 0.0560. The molecule has 0 spiro atoms. The minimum atomic E-state index is -0.849. The van der Waals surface area contributed by atoms with E-state index in [4.69, 9.17) is 9.52 Å². The predicted molar refractivity (Wildman–Crippen MR) is 69.3 cm³/mol. The van der Waals surface area contributed by atoms with Crippen LogP contribution in [0.25, 0.3) is 0 Å². The Labute approximate surface area is 110 Å². The second kappa shape index (κ2) is 7.10. The van der Waals surface area contributed by atoms with Crippen LogP contribution >= 0.6 is 11.8 Å². The largest absolute Gasteiger partial charge is 0.481 e. The zero-order valence-corrected chi connectivity index (χ0v) is 11.2. The van der Waals surface area contributed by atoms with Crippen LogP contribution in [-0.2, 0) is 16.1 Å². The summed E-state index contributed by atoms with van der Waals surface area (Å²) in [5.41, 5.74) is 0. The van der Waals surface area contributed by atoms with E-state index in [9.17, 15) is 9.59 Å². The van der Waals surface area contributed by atoms with Gasteiger partial charge in [0.1, 0.15) is 5.76 Å². The zero-order valence-electron chi connectivity index (χ0n) is 10.4. The third-order valence-corrected chi connectivity index (χ3v) is 3.54. The molecule has 0 aromatic carbocycles. The summed E-state index contributed by atoms with van der Waals surface area (Å²) >= 11 is 1.35. The van der Waals surface area contributed by atoms with Gasteiger partial charge in [0.25, 0.3) is 0 Å². The lowest BCUT2D eigenvalue weighted by Gasteiger charge is -2.15. The molecule has 1 heterocycles. The topological polar surface area (TPSA) is 79.5 Å². The number of carbonyl (C=O) groups is 2. The Morgan fingerprint density at radius 2 is 2.22 bits per heavy atom. The van der Waals surface area contributed by atoms with E-state index in [1.165, 1.54) is 11.8 Å². The second-order valence-electron chi connectivity index (χ2n) is 3.98. The summed E-state index contributed by atoms with van der Waals surface area (Å²) in [6.45, 7) is 3.92. The Kier molecular flexibility index (Phi) is 5.77. The number of aliphatic carboxylic acids is 1. The molecule has 0 saturated carbocycles. The lowest BCUT2D eigenvalue weighted by atomic mass is 10.3. The quantitative estimate of drug-likeness (QED) is 0.791. The normalized spacial score (nSPS) is 13.9. The van der Waals surface area contributed by atoms with Gasteiger partial charge in [0.15, 0.2) is 0 Å². The van der Waals surface area contributed by atoms with Crippen LogP contribution in [0.3, 0.4) is 0 Å². The van der Waals surface area contributed by atoms with Gasteiger partial charge in [0.2, 0.25) is 5.91 Å². The summed E-state index contributed by atoms with van der Waals surface area (Å²) in [5, 5.41) is 11.0. The summed E-state index contributed by atoms with van der Waals surface area (Å²) in [6.07, 6.45) is 1.61. The van der Waals surface area contributed by atoms with Crippen LogP contribution in [0, 0.1) is 0 Å². The Morgan fingerprint density at radius 1 is 1.50 bits per heavy atom. The number of carboxylic acids is 1. The SMILES string of the molecule is CC(CC(=O)O)SC(C)C(=O)NCc1ccco1. The van der Waals surface area contributed by atoms with Gasteiger partial charge in [-0.2, -0.15) is 0 Å². The van der Waals surface area contributed by atoms with E-state index in [2.05, 4.69) is 5.32 Å². The molecule has 6 heteroatoms. The monoisotopic (exact) mass is 271 g/mol. The van der Waals surface area contributed by atoms with Crippen molar-refractivity contribution < 1.29 is 19.1 Å². The van der Waals surface area contributed by atoms with E-state index in [1.807, 2.05) is 0 Å². The molecule has 0 aliphatic carbocycles. The van der Waals surface area contributed by atoms with E-state index in [0.29, 0.717) is 12.3 Å². The van der Waals surface area contributed by atoms with Gasteiger partial charge < -0.3 is 14.8 Å². The maximum absolute atomic E-state index is 11.7. The van der Waals surface area contributed by atoms with Gasteiger partial charge in [-0.3, -0.25) is 9.59 Å². The summed E-state index contributed by atoms with van der Waals surface area (Å²) in [4.78, 5) is 22.3. The van der Waals surface area contributed by atoms with Gasteiger partial charge in [0, 0.05) is 5.25 Å². The fraction of sp³-hybridized carbons (Fsp3) is 0.500. The molecule has 0 aliphatic rings. The van der Waals surface area contributed by atoms with Crippen molar-refractivity contribution in [3.8, 4) is 0 Å². The van der Waals surface area contributed by atoms with Crippen molar-refractivity contribution in [2.45, 2.75) is 37.3 Å². The molecule has 2 unspecified atom stereocenters. The average Bonchev–Trinajstić information content (AvgIpc) is 2.77. The first-order valence-electron chi connectivity index (χ1n) is 5.66. The lowest BCUT2D eigenvalue weighted by molar-refractivity contribution is -0.136. The Balaban J connectivity index is 2.30. The van der Waals surface area contributed by atoms with E-state index in [-0.39, 0.29) is 22.8 Å². The van der Waals surface area contributed by atoms with Crippen molar-refractivity contribution in [3.63, 3.8) is 0 Å². The number of amides is 1. The molecule has 18 heavy (non-hydrogen) atoms. The minimum Gasteiger partial charge on any atom is -0.481 e. The maximum atomic E-state index is 11.7. The van der Waals surface area contributed by atoms with Crippen molar-refractivity contribution in [2.75, 3.05) is 0 Å². The van der Waals surface area contributed by atoms with Crippen molar-refractivity contribution in [1.82, 2.24) is 5.32 Å². The molecule has 1 aromatic heterocycles. The summed E-state index contributed by atoms with van der Waals surface area (Å²) in [7, 11) is 0. The highest BCUT2D eigenvalue weighted by Crippen LogP contribution is 2.20. The molecule has 0 fully saturated rings. The molecule has 0 saturated heterocycles. The predicted octanol–water partition coefficient (Wildman–Crippen LogP) is 1.88. The van der Waals surface area contributed by atoms with Gasteiger partial charge in [-0.15, -0.1) is 11.8 Å². The van der Waals surface area contributed by atoms with Crippen LogP contribution < -0.4 is 5.32 Å². The van der Waals surface area contributed by atoms with Crippen molar-refractivity contribution >= 4 is 23.6 Å². The molecular weight excluding hydrogens is 254 g/mol. The van der Waals surface area contributed by atoms with Crippen molar-refractivity contribution in [3.05, 3.63) is 24.2 Å². The number of hydrogen-bond acceptors (Lipinski definition) is 4. The third-order valence-electron chi connectivity index (χ3n) is 2.28. The lowest BCUT2D eigenvalue weighted by Crippen LogP contribution is -2.31. The molecule has 0 radical (unpaired) electrons. The van der Waals surface area contributed by atoms with Gasteiger partial charge in [0.05, 0.1) is 24.5 Å². The molecule has 1 amide bonds. The number of carboxylic acid groups (broad SMARTS) is 1. The van der Waals surface area contributed by atoms with Crippen LogP contribution in [-0.4, -0.2) is 27.5 Å². The molecular formula is C12H17NO4S. The second-order valence-corrected chi connectivity index (χ2v) is 5.77. The van der Waals surface area contributed by atoms with E-state index in [1.54, 1.807) is 32.2 Å². The highest BCUT2D eigenvalue weighted by atomic mass is 32.2. The third kappa shape index (κ3) is 5.27. The summed E-state index contributed by atoms with van der Waals surface area (Å²) in [6, 6.07) is 3.54. The Hall–Kier alpha value is -1.43. The standard InChI is InChI=1S/C12H17NO4S/c1-8(6-11(14)15)18-9(2)12(16)13-7-10-4-3-5-17-10/h3-5,8-9H,6-7H2,1-2H3,(H,13,16)(H,14,15). The number of furan rings is 1. The smallest absolute Gasteiger partial charge is 0.304 e. The molecule has 2 N–H and O–H groups in total. The number of hydrogen-bond donors (Lipinski definition) is 2. The van der Waals surface area contributed by atoms with E-state index < -0.39 is 5.97 Å². The number of thioether (sulfide) groups is 1. The summed E-state index contributed by atoms with van der Waals surface area (Å²) < 4.78 is 5.10. The van der Waals surface area contributed by atoms with Crippen molar-refractivity contribution in [1.29, 1.82) is 0 Å². The van der Waals surface area contributed by atoms with Gasteiger partial charge in [-0.1, -0.05) is 6.92 Å². The molecule has 100 valence electrons. The molecule has 0 bridgehead atoms. The fourth-order valence-electron chi connectivity index (χ4n) is 1.44. The van der Waals surface area contributed by atoms with Gasteiger partial charge in [-0.25, -0.2) is 0 Å².